The van der Waals surface area contributed by atoms with Gasteiger partial charge in [-0.3, -0.25) is 4.99 Å². The van der Waals surface area contributed by atoms with Crippen LogP contribution in [-0.2, 0) is 6.54 Å². The molecule has 1 unspecified atom stereocenters. The highest BCUT2D eigenvalue weighted by Crippen LogP contribution is 2.05. The Bertz CT molecular complexity index is 438. The molecule has 5 nitrogen and oxygen atoms in total. The van der Waals surface area contributed by atoms with Gasteiger partial charge in [0.2, 0.25) is 0 Å². The number of imidazole rings is 1. The van der Waals surface area contributed by atoms with E-state index in [9.17, 15) is 0 Å². The number of guanidine groups is 1. The third kappa shape index (κ3) is 8.62. The van der Waals surface area contributed by atoms with Gasteiger partial charge in [-0.2, -0.15) is 0 Å². The number of hydrogen-bond acceptors (Lipinski definition) is 2. The smallest absolute Gasteiger partial charge is 0.191 e. The number of nitrogens with zero attached hydrogens (tertiary/aromatic N) is 3. The fraction of sp³-hybridized carbons (Fsp3) is 0.778. The summed E-state index contributed by atoms with van der Waals surface area (Å²) in [4.78, 5) is 8.56. The van der Waals surface area contributed by atoms with Crippen molar-refractivity contribution in [3.05, 3.63) is 18.2 Å². The lowest BCUT2D eigenvalue weighted by molar-refractivity contribution is 0.534. The van der Waals surface area contributed by atoms with Crippen molar-refractivity contribution in [2.24, 2.45) is 4.99 Å². The van der Waals surface area contributed by atoms with E-state index in [0.29, 0.717) is 6.04 Å². The molecule has 1 rings (SSSR count). The average Bonchev–Trinajstić information content (AvgIpc) is 2.95. The topological polar surface area (TPSA) is 54.2 Å². The highest BCUT2D eigenvalue weighted by molar-refractivity contribution is 5.79. The van der Waals surface area contributed by atoms with Crippen molar-refractivity contribution in [2.75, 3.05) is 13.6 Å². The largest absolute Gasteiger partial charge is 0.356 e. The van der Waals surface area contributed by atoms with Crippen molar-refractivity contribution in [2.45, 2.75) is 78.3 Å². The Labute approximate surface area is 142 Å². The molecule has 0 aliphatic heterocycles. The molecule has 0 aliphatic carbocycles. The second-order valence-electron chi connectivity index (χ2n) is 6.27. The van der Waals surface area contributed by atoms with E-state index in [-0.39, 0.29) is 0 Å². The molecule has 1 aromatic heterocycles. The second-order valence-corrected chi connectivity index (χ2v) is 6.27. The predicted octanol–water partition coefficient (Wildman–Crippen LogP) is 3.50. The Morgan fingerprint density at radius 3 is 2.74 bits per heavy atom. The van der Waals surface area contributed by atoms with Gasteiger partial charge < -0.3 is 15.2 Å². The SMILES string of the molecule is CCCCCCC(C)NC(=NC)NCCCCn1ccnc1C. The highest BCUT2D eigenvalue weighted by atomic mass is 15.2. The zero-order valence-corrected chi connectivity index (χ0v) is 15.4. The number of aliphatic imine (C=N–C) groups is 1. The second kappa shape index (κ2) is 12.0. The summed E-state index contributed by atoms with van der Waals surface area (Å²) < 4.78 is 2.20. The minimum absolute atomic E-state index is 0.478. The van der Waals surface area contributed by atoms with Crippen molar-refractivity contribution in [1.29, 1.82) is 0 Å². The molecule has 2 N–H and O–H groups in total. The van der Waals surface area contributed by atoms with Crippen LogP contribution in [0, 0.1) is 6.92 Å². The van der Waals surface area contributed by atoms with Gasteiger partial charge in [0.05, 0.1) is 0 Å². The van der Waals surface area contributed by atoms with Gasteiger partial charge in [-0.05, 0) is 33.1 Å². The molecule has 1 heterocycles. The van der Waals surface area contributed by atoms with Crippen LogP contribution in [0.3, 0.4) is 0 Å². The minimum Gasteiger partial charge on any atom is -0.356 e. The maximum Gasteiger partial charge on any atom is 0.191 e. The standard InChI is InChI=1S/C18H35N5/c1-5-6-7-8-11-16(2)22-18(19-4)21-12-9-10-14-23-15-13-20-17(23)3/h13,15-16H,5-12,14H2,1-4H3,(H2,19,21,22). The summed E-state index contributed by atoms with van der Waals surface area (Å²) in [7, 11) is 1.84. The van der Waals surface area contributed by atoms with Gasteiger partial charge in [-0.15, -0.1) is 0 Å². The Balaban J connectivity index is 2.10. The van der Waals surface area contributed by atoms with E-state index in [0.717, 1.165) is 37.7 Å². The van der Waals surface area contributed by atoms with Crippen LogP contribution >= 0.6 is 0 Å². The fourth-order valence-electron chi connectivity index (χ4n) is 2.63. The quantitative estimate of drug-likeness (QED) is 0.373. The maximum atomic E-state index is 4.31. The molecule has 23 heavy (non-hydrogen) atoms. The predicted molar refractivity (Wildman–Crippen MR) is 98.9 cm³/mol. The van der Waals surface area contributed by atoms with Crippen molar-refractivity contribution < 1.29 is 0 Å². The molecular formula is C18H35N5. The Morgan fingerprint density at radius 1 is 1.26 bits per heavy atom. The monoisotopic (exact) mass is 321 g/mol. The molecule has 0 aromatic carbocycles. The molecule has 0 spiro atoms. The third-order valence-electron chi connectivity index (χ3n) is 4.14. The number of aryl methyl sites for hydroxylation is 2. The Morgan fingerprint density at radius 2 is 2.09 bits per heavy atom. The number of unbranched alkanes of at least 4 members (excludes halogenated alkanes) is 4. The van der Waals surface area contributed by atoms with Crippen molar-refractivity contribution in [3.63, 3.8) is 0 Å². The molecular weight excluding hydrogens is 286 g/mol. The van der Waals surface area contributed by atoms with Gasteiger partial charge in [0.15, 0.2) is 5.96 Å². The summed E-state index contributed by atoms with van der Waals surface area (Å²) in [6, 6.07) is 0.478. The highest BCUT2D eigenvalue weighted by Gasteiger charge is 2.04. The normalized spacial score (nSPS) is 13.1. The first-order chi connectivity index (χ1) is 11.2. The summed E-state index contributed by atoms with van der Waals surface area (Å²) in [5, 5.41) is 6.89. The van der Waals surface area contributed by atoms with E-state index < -0.39 is 0 Å². The van der Waals surface area contributed by atoms with Crippen LogP contribution in [0.25, 0.3) is 0 Å². The minimum atomic E-state index is 0.478. The summed E-state index contributed by atoms with van der Waals surface area (Å²) in [6.07, 6.45) is 12.7. The van der Waals surface area contributed by atoms with Gasteiger partial charge in [0.25, 0.3) is 0 Å². The number of aromatic nitrogens is 2. The van der Waals surface area contributed by atoms with E-state index in [4.69, 9.17) is 0 Å². The molecule has 0 amide bonds. The Hall–Kier alpha value is -1.52. The summed E-state index contributed by atoms with van der Waals surface area (Å²) in [5.41, 5.74) is 0. The molecule has 1 aromatic rings. The first-order valence-corrected chi connectivity index (χ1v) is 9.12. The molecule has 0 saturated carbocycles. The molecule has 0 saturated heterocycles. The van der Waals surface area contributed by atoms with Gasteiger partial charge in [-0.25, -0.2) is 4.98 Å². The van der Waals surface area contributed by atoms with E-state index in [1.807, 2.05) is 26.4 Å². The number of nitrogens with one attached hydrogen (secondary N) is 2. The van der Waals surface area contributed by atoms with E-state index >= 15 is 0 Å². The lowest BCUT2D eigenvalue weighted by Gasteiger charge is -2.18. The molecule has 0 fully saturated rings. The average molecular weight is 322 g/mol. The van der Waals surface area contributed by atoms with Crippen molar-refractivity contribution >= 4 is 5.96 Å². The van der Waals surface area contributed by atoms with Crippen LogP contribution in [0.5, 0.6) is 0 Å². The third-order valence-corrected chi connectivity index (χ3v) is 4.14. The molecule has 5 heteroatoms. The summed E-state index contributed by atoms with van der Waals surface area (Å²) >= 11 is 0. The molecule has 0 aliphatic rings. The summed E-state index contributed by atoms with van der Waals surface area (Å²) in [6.45, 7) is 8.53. The molecule has 132 valence electrons. The van der Waals surface area contributed by atoms with Gasteiger partial charge in [0, 0.05) is 38.6 Å². The lowest BCUT2D eigenvalue weighted by atomic mass is 10.1. The van der Waals surface area contributed by atoms with Gasteiger partial charge in [0.1, 0.15) is 5.82 Å². The summed E-state index contributed by atoms with van der Waals surface area (Å²) in [5.74, 6) is 2.01. The first-order valence-electron chi connectivity index (χ1n) is 9.12. The molecule has 0 radical (unpaired) electrons. The van der Waals surface area contributed by atoms with Crippen molar-refractivity contribution in [3.8, 4) is 0 Å². The maximum absolute atomic E-state index is 4.31. The number of hydrogen-bond donors (Lipinski definition) is 2. The van der Waals surface area contributed by atoms with Crippen LogP contribution in [0.1, 0.15) is 64.6 Å². The number of rotatable bonds is 11. The van der Waals surface area contributed by atoms with Crippen LogP contribution in [0.15, 0.2) is 17.4 Å². The Kier molecular flexibility index (Phi) is 10.2. The zero-order valence-electron chi connectivity index (χ0n) is 15.4. The van der Waals surface area contributed by atoms with Crippen LogP contribution in [0.4, 0.5) is 0 Å². The van der Waals surface area contributed by atoms with E-state index in [1.54, 1.807) is 0 Å². The van der Waals surface area contributed by atoms with E-state index in [2.05, 4.69) is 39.0 Å². The first kappa shape index (κ1) is 19.5. The van der Waals surface area contributed by atoms with Gasteiger partial charge >= 0.3 is 0 Å². The van der Waals surface area contributed by atoms with Crippen molar-refractivity contribution in [1.82, 2.24) is 20.2 Å². The molecule has 1 atom stereocenters. The van der Waals surface area contributed by atoms with Gasteiger partial charge in [-0.1, -0.05) is 32.6 Å². The zero-order chi connectivity index (χ0) is 16.9. The lowest BCUT2D eigenvalue weighted by Crippen LogP contribution is -2.42. The van der Waals surface area contributed by atoms with Crippen LogP contribution in [0.2, 0.25) is 0 Å². The fourth-order valence-corrected chi connectivity index (χ4v) is 2.63. The molecule has 0 bridgehead atoms. The van der Waals surface area contributed by atoms with Crippen LogP contribution in [-0.4, -0.2) is 35.1 Å². The van der Waals surface area contributed by atoms with Crippen LogP contribution < -0.4 is 10.6 Å². The van der Waals surface area contributed by atoms with E-state index in [1.165, 1.54) is 32.1 Å².